The van der Waals surface area contributed by atoms with Crippen molar-refractivity contribution in [2.24, 2.45) is 0 Å². The van der Waals surface area contributed by atoms with Gasteiger partial charge in [-0.15, -0.1) is 0 Å². The summed E-state index contributed by atoms with van der Waals surface area (Å²) in [6, 6.07) is 13.6. The van der Waals surface area contributed by atoms with Gasteiger partial charge in [0, 0.05) is 22.6 Å². The van der Waals surface area contributed by atoms with Gasteiger partial charge in [-0.1, -0.05) is 28.1 Å². The van der Waals surface area contributed by atoms with Crippen LogP contribution in [0.3, 0.4) is 0 Å². The number of amides is 1. The third kappa shape index (κ3) is 4.14. The Labute approximate surface area is 155 Å². The molecule has 1 aliphatic rings. The largest absolute Gasteiger partial charge is 0.497 e. The van der Waals surface area contributed by atoms with Gasteiger partial charge < -0.3 is 19.1 Å². The maximum atomic E-state index is 12.3. The molecule has 0 radical (unpaired) electrons. The number of methoxy groups -OCH3 is 2. The van der Waals surface area contributed by atoms with E-state index in [2.05, 4.69) is 15.9 Å². The Balaban J connectivity index is 1.77. The molecule has 0 spiro atoms. The summed E-state index contributed by atoms with van der Waals surface area (Å²) in [5, 5.41) is 0. The highest BCUT2D eigenvalue weighted by molar-refractivity contribution is 9.10. The molecule has 0 aromatic heterocycles. The van der Waals surface area contributed by atoms with Gasteiger partial charge in [0.15, 0.2) is 0 Å². The van der Waals surface area contributed by atoms with Gasteiger partial charge in [-0.05, 0) is 29.8 Å². The van der Waals surface area contributed by atoms with E-state index in [1.165, 1.54) is 0 Å². The number of hydrogen-bond donors (Lipinski definition) is 0. The van der Waals surface area contributed by atoms with Gasteiger partial charge in [0.25, 0.3) is 0 Å². The lowest BCUT2D eigenvalue weighted by Crippen LogP contribution is -2.42. The second-order valence-electron chi connectivity index (χ2n) is 5.80. The molecule has 2 aromatic rings. The molecular weight excluding hydrogens is 386 g/mol. The predicted octanol–water partition coefficient (Wildman–Crippen LogP) is 3.57. The summed E-state index contributed by atoms with van der Waals surface area (Å²) < 4.78 is 17.4. The van der Waals surface area contributed by atoms with E-state index in [0.29, 0.717) is 18.8 Å². The first-order chi connectivity index (χ1) is 12.1. The van der Waals surface area contributed by atoms with Crippen molar-refractivity contribution in [2.45, 2.75) is 12.6 Å². The number of ether oxygens (including phenoxy) is 3. The Hall–Kier alpha value is -2.05. The zero-order valence-corrected chi connectivity index (χ0v) is 15.8. The Morgan fingerprint density at radius 2 is 1.92 bits per heavy atom. The van der Waals surface area contributed by atoms with E-state index >= 15 is 0 Å². The van der Waals surface area contributed by atoms with E-state index in [-0.39, 0.29) is 18.6 Å². The molecule has 132 valence electrons. The van der Waals surface area contributed by atoms with Crippen LogP contribution in [0.1, 0.15) is 17.2 Å². The summed E-state index contributed by atoms with van der Waals surface area (Å²) in [7, 11) is 3.23. The molecule has 0 saturated carbocycles. The normalized spacial score (nSPS) is 17.5. The summed E-state index contributed by atoms with van der Waals surface area (Å²) in [6.07, 6.45) is -0.130. The van der Waals surface area contributed by atoms with E-state index < -0.39 is 0 Å². The van der Waals surface area contributed by atoms with Crippen molar-refractivity contribution in [3.63, 3.8) is 0 Å². The molecule has 0 aliphatic carbocycles. The quantitative estimate of drug-likeness (QED) is 0.762. The van der Waals surface area contributed by atoms with Crippen LogP contribution in [0, 0.1) is 0 Å². The maximum absolute atomic E-state index is 12.3. The topological polar surface area (TPSA) is 48.0 Å². The van der Waals surface area contributed by atoms with Crippen molar-refractivity contribution in [1.82, 2.24) is 4.90 Å². The maximum Gasteiger partial charge on any atom is 0.249 e. The minimum atomic E-state index is -0.130. The Bertz CT molecular complexity index is 748. The fourth-order valence-corrected chi connectivity index (χ4v) is 3.10. The molecular formula is C19H20BrNO4. The van der Waals surface area contributed by atoms with Crippen LogP contribution in [0.5, 0.6) is 11.5 Å². The van der Waals surface area contributed by atoms with Gasteiger partial charge in [0.05, 0.1) is 20.8 Å². The van der Waals surface area contributed by atoms with Crippen LogP contribution in [-0.4, -0.2) is 38.2 Å². The van der Waals surface area contributed by atoms with Crippen LogP contribution >= 0.6 is 15.9 Å². The zero-order valence-electron chi connectivity index (χ0n) is 14.2. The van der Waals surface area contributed by atoms with Gasteiger partial charge in [-0.3, -0.25) is 4.79 Å². The van der Waals surface area contributed by atoms with E-state index in [1.807, 2.05) is 42.5 Å². The third-order valence-corrected chi connectivity index (χ3v) is 4.77. The first-order valence-electron chi connectivity index (χ1n) is 7.96. The van der Waals surface area contributed by atoms with Gasteiger partial charge in [0.2, 0.25) is 5.91 Å². The minimum Gasteiger partial charge on any atom is -0.497 e. The van der Waals surface area contributed by atoms with Crippen molar-refractivity contribution in [3.8, 4) is 11.5 Å². The average Bonchev–Trinajstić information content (AvgIpc) is 2.64. The molecule has 0 N–H and O–H groups in total. The standard InChI is InChI=1S/C19H20BrNO4/c1-23-16-8-5-14(17(9-16)24-2)10-21-11-18(25-12-19(21)22)13-3-6-15(20)7-4-13/h3-9,18H,10-12H2,1-2H3/t18-/m0/s1. The second-order valence-corrected chi connectivity index (χ2v) is 6.72. The monoisotopic (exact) mass is 405 g/mol. The highest BCUT2D eigenvalue weighted by atomic mass is 79.9. The molecule has 1 amide bonds. The van der Waals surface area contributed by atoms with E-state index in [0.717, 1.165) is 21.3 Å². The Kier molecular flexibility index (Phi) is 5.60. The van der Waals surface area contributed by atoms with Crippen LogP contribution in [0.4, 0.5) is 0 Å². The van der Waals surface area contributed by atoms with E-state index in [4.69, 9.17) is 14.2 Å². The molecule has 1 heterocycles. The number of nitrogens with zero attached hydrogens (tertiary/aromatic N) is 1. The summed E-state index contributed by atoms with van der Waals surface area (Å²) in [5.41, 5.74) is 2.00. The van der Waals surface area contributed by atoms with Crippen LogP contribution in [-0.2, 0) is 16.1 Å². The highest BCUT2D eigenvalue weighted by Gasteiger charge is 2.28. The first-order valence-corrected chi connectivity index (χ1v) is 8.75. The fourth-order valence-electron chi connectivity index (χ4n) is 2.84. The average molecular weight is 406 g/mol. The fraction of sp³-hybridized carbons (Fsp3) is 0.316. The van der Waals surface area contributed by atoms with Crippen molar-refractivity contribution in [3.05, 3.63) is 58.1 Å². The number of carbonyl (C=O) groups is 1. The summed E-state index contributed by atoms with van der Waals surface area (Å²) in [4.78, 5) is 14.1. The van der Waals surface area contributed by atoms with Gasteiger partial charge >= 0.3 is 0 Å². The lowest BCUT2D eigenvalue weighted by Gasteiger charge is -2.33. The number of halogens is 1. The molecule has 0 unspecified atom stereocenters. The predicted molar refractivity (Wildman–Crippen MR) is 97.8 cm³/mol. The summed E-state index contributed by atoms with van der Waals surface area (Å²) in [6.45, 7) is 1.07. The Morgan fingerprint density at radius 3 is 2.60 bits per heavy atom. The van der Waals surface area contributed by atoms with E-state index in [1.54, 1.807) is 19.1 Å². The first kappa shape index (κ1) is 17.8. The van der Waals surface area contributed by atoms with Crippen molar-refractivity contribution < 1.29 is 19.0 Å². The molecule has 1 aliphatic heterocycles. The van der Waals surface area contributed by atoms with Crippen LogP contribution < -0.4 is 9.47 Å². The van der Waals surface area contributed by atoms with Crippen LogP contribution in [0.25, 0.3) is 0 Å². The number of hydrogen-bond acceptors (Lipinski definition) is 4. The summed E-state index contributed by atoms with van der Waals surface area (Å²) in [5.74, 6) is 1.41. The number of rotatable bonds is 5. The lowest BCUT2D eigenvalue weighted by molar-refractivity contribution is -0.150. The molecule has 0 bridgehead atoms. The number of benzene rings is 2. The molecule has 1 saturated heterocycles. The van der Waals surface area contributed by atoms with Crippen molar-refractivity contribution >= 4 is 21.8 Å². The molecule has 6 heteroatoms. The minimum absolute atomic E-state index is 0.0220. The molecule has 1 fully saturated rings. The zero-order chi connectivity index (χ0) is 17.8. The molecule has 3 rings (SSSR count). The van der Waals surface area contributed by atoms with Gasteiger partial charge in [-0.25, -0.2) is 0 Å². The van der Waals surface area contributed by atoms with Gasteiger partial charge in [-0.2, -0.15) is 0 Å². The molecule has 2 aromatic carbocycles. The Morgan fingerprint density at radius 1 is 1.16 bits per heavy atom. The number of carbonyl (C=O) groups excluding carboxylic acids is 1. The summed E-state index contributed by atoms with van der Waals surface area (Å²) >= 11 is 3.43. The molecule has 1 atom stereocenters. The van der Waals surface area contributed by atoms with Gasteiger partial charge in [0.1, 0.15) is 24.2 Å². The number of morpholine rings is 1. The second kappa shape index (κ2) is 7.89. The van der Waals surface area contributed by atoms with Crippen molar-refractivity contribution in [1.29, 1.82) is 0 Å². The van der Waals surface area contributed by atoms with Crippen molar-refractivity contribution in [2.75, 3.05) is 27.4 Å². The van der Waals surface area contributed by atoms with E-state index in [9.17, 15) is 4.79 Å². The molecule has 5 nitrogen and oxygen atoms in total. The SMILES string of the molecule is COc1ccc(CN2C[C@@H](c3ccc(Br)cc3)OCC2=O)c(OC)c1. The lowest BCUT2D eigenvalue weighted by atomic mass is 10.1. The highest BCUT2D eigenvalue weighted by Crippen LogP contribution is 2.29. The smallest absolute Gasteiger partial charge is 0.249 e. The molecule has 25 heavy (non-hydrogen) atoms. The third-order valence-electron chi connectivity index (χ3n) is 4.24. The van der Waals surface area contributed by atoms with Crippen LogP contribution in [0.15, 0.2) is 46.9 Å². The van der Waals surface area contributed by atoms with Crippen LogP contribution in [0.2, 0.25) is 0 Å².